The van der Waals surface area contributed by atoms with Crippen LogP contribution in [-0.2, 0) is 9.53 Å². The van der Waals surface area contributed by atoms with Gasteiger partial charge in [0.25, 0.3) is 0 Å². The SMILES string of the molecule is CCC(=O)OC1(Br)CCCCC1. The predicted molar refractivity (Wildman–Crippen MR) is 51.1 cm³/mol. The molecule has 0 radical (unpaired) electrons. The number of hydrogen-bond acceptors (Lipinski definition) is 2. The van der Waals surface area contributed by atoms with Crippen molar-refractivity contribution in [1.82, 2.24) is 0 Å². The largest absolute Gasteiger partial charge is 0.447 e. The summed E-state index contributed by atoms with van der Waals surface area (Å²) in [7, 11) is 0. The second-order valence-corrected chi connectivity index (χ2v) is 4.72. The highest BCUT2D eigenvalue weighted by molar-refractivity contribution is 9.10. The fourth-order valence-corrected chi connectivity index (χ4v) is 2.20. The Labute approximate surface area is 81.8 Å². The van der Waals surface area contributed by atoms with E-state index in [4.69, 9.17) is 4.74 Å². The fourth-order valence-electron chi connectivity index (χ4n) is 1.46. The van der Waals surface area contributed by atoms with E-state index >= 15 is 0 Å². The molecule has 1 rings (SSSR count). The Kier molecular flexibility index (Phi) is 3.56. The normalized spacial score (nSPS) is 21.8. The zero-order chi connectivity index (χ0) is 9.03. The van der Waals surface area contributed by atoms with Gasteiger partial charge in [-0.15, -0.1) is 0 Å². The minimum atomic E-state index is -0.335. The van der Waals surface area contributed by atoms with Crippen molar-refractivity contribution in [2.75, 3.05) is 0 Å². The number of carbonyl (C=O) groups is 1. The first-order chi connectivity index (χ1) is 5.66. The summed E-state index contributed by atoms with van der Waals surface area (Å²) in [6.45, 7) is 1.82. The lowest BCUT2D eigenvalue weighted by atomic mass is 9.97. The number of halogens is 1. The average molecular weight is 235 g/mol. The highest BCUT2D eigenvalue weighted by Crippen LogP contribution is 2.37. The van der Waals surface area contributed by atoms with Gasteiger partial charge in [0.15, 0.2) is 4.51 Å². The molecular weight excluding hydrogens is 220 g/mol. The molecule has 0 aromatic rings. The topological polar surface area (TPSA) is 26.3 Å². The minimum Gasteiger partial charge on any atom is -0.447 e. The van der Waals surface area contributed by atoms with Gasteiger partial charge in [0.1, 0.15) is 0 Å². The Bertz CT molecular complexity index is 162. The maximum atomic E-state index is 11.0. The molecule has 0 amide bonds. The van der Waals surface area contributed by atoms with Gasteiger partial charge in [-0.05, 0) is 41.6 Å². The van der Waals surface area contributed by atoms with Crippen LogP contribution in [0.4, 0.5) is 0 Å². The van der Waals surface area contributed by atoms with Gasteiger partial charge in [-0.25, -0.2) is 0 Å². The monoisotopic (exact) mass is 234 g/mol. The van der Waals surface area contributed by atoms with Crippen molar-refractivity contribution < 1.29 is 9.53 Å². The first-order valence-electron chi connectivity index (χ1n) is 4.57. The summed E-state index contributed by atoms with van der Waals surface area (Å²) in [4.78, 5) is 11.0. The Morgan fingerprint density at radius 1 is 1.42 bits per heavy atom. The Morgan fingerprint density at radius 2 is 2.00 bits per heavy atom. The summed E-state index contributed by atoms with van der Waals surface area (Å²) < 4.78 is 4.97. The molecule has 1 fully saturated rings. The lowest BCUT2D eigenvalue weighted by Crippen LogP contribution is -2.30. The zero-order valence-electron chi connectivity index (χ0n) is 7.44. The van der Waals surface area contributed by atoms with Crippen LogP contribution in [0.15, 0.2) is 0 Å². The van der Waals surface area contributed by atoms with E-state index in [1.165, 1.54) is 6.42 Å². The van der Waals surface area contributed by atoms with Gasteiger partial charge < -0.3 is 4.74 Å². The van der Waals surface area contributed by atoms with E-state index in [0.717, 1.165) is 25.7 Å². The van der Waals surface area contributed by atoms with Crippen LogP contribution in [0.2, 0.25) is 0 Å². The Balaban J connectivity index is 2.41. The molecule has 2 nitrogen and oxygen atoms in total. The van der Waals surface area contributed by atoms with Crippen LogP contribution >= 0.6 is 15.9 Å². The molecule has 0 bridgehead atoms. The summed E-state index contributed by atoms with van der Waals surface area (Å²) in [5.74, 6) is -0.103. The molecule has 0 heterocycles. The molecule has 3 heteroatoms. The summed E-state index contributed by atoms with van der Waals surface area (Å²) in [5.41, 5.74) is 0. The molecule has 0 aromatic heterocycles. The van der Waals surface area contributed by atoms with E-state index in [-0.39, 0.29) is 10.5 Å². The highest BCUT2D eigenvalue weighted by atomic mass is 79.9. The number of esters is 1. The van der Waals surface area contributed by atoms with Crippen molar-refractivity contribution in [1.29, 1.82) is 0 Å². The molecule has 0 atom stereocenters. The van der Waals surface area contributed by atoms with Gasteiger partial charge in [-0.1, -0.05) is 13.3 Å². The van der Waals surface area contributed by atoms with Gasteiger partial charge in [-0.3, -0.25) is 4.79 Å². The van der Waals surface area contributed by atoms with Crippen molar-refractivity contribution >= 4 is 21.9 Å². The molecular formula is C9H15BrO2. The van der Waals surface area contributed by atoms with E-state index in [2.05, 4.69) is 15.9 Å². The number of ether oxygens (including phenoxy) is 1. The molecule has 0 N–H and O–H groups in total. The van der Waals surface area contributed by atoms with E-state index in [0.29, 0.717) is 6.42 Å². The fraction of sp³-hybridized carbons (Fsp3) is 0.889. The molecule has 70 valence electrons. The number of alkyl halides is 1. The Morgan fingerprint density at radius 3 is 2.50 bits per heavy atom. The molecule has 1 aliphatic carbocycles. The van der Waals surface area contributed by atoms with E-state index in [1.54, 1.807) is 0 Å². The average Bonchev–Trinajstić information content (AvgIpc) is 2.05. The predicted octanol–water partition coefficient (Wildman–Crippen LogP) is 2.99. The summed E-state index contributed by atoms with van der Waals surface area (Å²) in [6, 6.07) is 0. The number of rotatable bonds is 2. The zero-order valence-corrected chi connectivity index (χ0v) is 9.02. The Hall–Kier alpha value is -0.0500. The highest BCUT2D eigenvalue weighted by Gasteiger charge is 2.32. The third kappa shape index (κ3) is 2.77. The van der Waals surface area contributed by atoms with Gasteiger partial charge in [-0.2, -0.15) is 0 Å². The standard InChI is InChI=1S/C9H15BrO2/c1-2-8(11)12-9(10)6-4-3-5-7-9/h2-7H2,1H3. The van der Waals surface area contributed by atoms with Gasteiger partial charge in [0, 0.05) is 6.42 Å². The third-order valence-electron chi connectivity index (χ3n) is 2.19. The first-order valence-corrected chi connectivity index (χ1v) is 5.36. The molecule has 0 aliphatic heterocycles. The molecule has 0 unspecified atom stereocenters. The lowest BCUT2D eigenvalue weighted by molar-refractivity contribution is -0.152. The maximum Gasteiger partial charge on any atom is 0.306 e. The van der Waals surface area contributed by atoms with Crippen LogP contribution in [0, 0.1) is 0 Å². The van der Waals surface area contributed by atoms with Crippen molar-refractivity contribution in [3.8, 4) is 0 Å². The smallest absolute Gasteiger partial charge is 0.306 e. The van der Waals surface area contributed by atoms with E-state index in [1.807, 2.05) is 6.92 Å². The summed E-state index contributed by atoms with van der Waals surface area (Å²) >= 11 is 3.49. The second kappa shape index (κ2) is 4.26. The molecule has 0 spiro atoms. The van der Waals surface area contributed by atoms with Crippen molar-refractivity contribution in [3.05, 3.63) is 0 Å². The third-order valence-corrected chi connectivity index (χ3v) is 3.14. The molecule has 0 saturated heterocycles. The van der Waals surface area contributed by atoms with Crippen LogP contribution in [0.3, 0.4) is 0 Å². The quantitative estimate of drug-likeness (QED) is 0.543. The lowest BCUT2D eigenvalue weighted by Gasteiger charge is -2.30. The molecule has 1 aliphatic rings. The molecule has 12 heavy (non-hydrogen) atoms. The summed E-state index contributed by atoms with van der Waals surface area (Å²) in [6.07, 6.45) is 5.95. The number of hydrogen-bond donors (Lipinski definition) is 0. The van der Waals surface area contributed by atoms with Gasteiger partial charge in [0.2, 0.25) is 0 Å². The van der Waals surface area contributed by atoms with Crippen LogP contribution in [-0.4, -0.2) is 10.5 Å². The van der Waals surface area contributed by atoms with E-state index in [9.17, 15) is 4.79 Å². The maximum absolute atomic E-state index is 11.0. The van der Waals surface area contributed by atoms with Crippen LogP contribution < -0.4 is 0 Å². The van der Waals surface area contributed by atoms with Crippen molar-refractivity contribution in [2.24, 2.45) is 0 Å². The van der Waals surface area contributed by atoms with E-state index < -0.39 is 0 Å². The van der Waals surface area contributed by atoms with Crippen LogP contribution in [0.1, 0.15) is 45.4 Å². The van der Waals surface area contributed by atoms with Gasteiger partial charge >= 0.3 is 5.97 Å². The number of carbonyl (C=O) groups excluding carboxylic acids is 1. The van der Waals surface area contributed by atoms with Crippen LogP contribution in [0.25, 0.3) is 0 Å². The van der Waals surface area contributed by atoms with Gasteiger partial charge in [0.05, 0.1) is 0 Å². The van der Waals surface area contributed by atoms with Crippen LogP contribution in [0.5, 0.6) is 0 Å². The van der Waals surface area contributed by atoms with Crippen molar-refractivity contribution in [3.63, 3.8) is 0 Å². The minimum absolute atomic E-state index is 0.103. The van der Waals surface area contributed by atoms with Crippen molar-refractivity contribution in [2.45, 2.75) is 50.0 Å². The summed E-state index contributed by atoms with van der Waals surface area (Å²) in [5, 5.41) is 0. The molecule has 0 aromatic carbocycles. The second-order valence-electron chi connectivity index (χ2n) is 3.27. The first kappa shape index (κ1) is 10.0. The molecule has 1 saturated carbocycles.